The van der Waals surface area contributed by atoms with Crippen LogP contribution in [-0.4, -0.2) is 60.7 Å². The van der Waals surface area contributed by atoms with E-state index in [1.807, 2.05) is 0 Å². The van der Waals surface area contributed by atoms with Gasteiger partial charge in [0, 0.05) is 13.8 Å². The molecular weight excluding hydrogens is 799 g/mol. The van der Waals surface area contributed by atoms with E-state index >= 15 is 0 Å². The van der Waals surface area contributed by atoms with E-state index in [1.54, 1.807) is 0 Å². The summed E-state index contributed by atoms with van der Waals surface area (Å²) in [6.07, 6.45) is 15.9. The van der Waals surface area contributed by atoms with E-state index in [1.165, 1.54) is 93.5 Å². The van der Waals surface area contributed by atoms with Crippen LogP contribution in [0.5, 0.6) is 0 Å². The van der Waals surface area contributed by atoms with Crippen molar-refractivity contribution in [1.82, 2.24) is 29.9 Å². The van der Waals surface area contributed by atoms with Crippen LogP contribution in [0.3, 0.4) is 0 Å². The predicted octanol–water partition coefficient (Wildman–Crippen LogP) is 11.3. The summed E-state index contributed by atoms with van der Waals surface area (Å²) in [6.45, 7) is 16.3. The van der Waals surface area contributed by atoms with Crippen molar-refractivity contribution in [2.24, 2.45) is 0 Å². The van der Waals surface area contributed by atoms with E-state index in [2.05, 4.69) is 64.2 Å². The van der Waals surface area contributed by atoms with Gasteiger partial charge in [0.1, 0.15) is 32.0 Å². The molecule has 8 nitrogen and oxygen atoms in total. The number of hydrogen-bond donors (Lipinski definition) is 0. The Morgan fingerprint density at radius 2 is 1.15 bits per heavy atom. The van der Waals surface area contributed by atoms with Gasteiger partial charge < -0.3 is 0 Å². The minimum absolute atomic E-state index is 0.0241. The van der Waals surface area contributed by atoms with Crippen molar-refractivity contribution < 1.29 is 18.3 Å². The summed E-state index contributed by atoms with van der Waals surface area (Å²) in [5.74, 6) is -3.10. The van der Waals surface area contributed by atoms with Crippen molar-refractivity contribution in [1.29, 1.82) is 0 Å². The first-order valence-corrected chi connectivity index (χ1v) is 24.4. The number of aromatic nitrogens is 6. The van der Waals surface area contributed by atoms with Gasteiger partial charge in [-0.05, 0) is 0 Å². The molecule has 0 bridgehead atoms. The van der Waals surface area contributed by atoms with Crippen LogP contribution >= 0.6 is 46.4 Å². The fourth-order valence-electron chi connectivity index (χ4n) is 4.05. The second-order valence-electron chi connectivity index (χ2n) is 10.5. The fourth-order valence-corrected chi connectivity index (χ4v) is 19.3. The van der Waals surface area contributed by atoms with Crippen LogP contribution in [0.15, 0.2) is 47.5 Å². The van der Waals surface area contributed by atoms with E-state index in [9.17, 15) is 13.6 Å². The van der Waals surface area contributed by atoms with Crippen LogP contribution in [0.25, 0.3) is 0 Å². The predicted molar refractivity (Wildman–Crippen MR) is 191 cm³/mol. The molecule has 0 unspecified atom stereocenters. The second-order valence-corrected chi connectivity index (χ2v) is 25.2. The van der Waals surface area contributed by atoms with Crippen LogP contribution in [-0.2, 0) is 10.7 Å². The standard InChI is InChI=1S/C6H5ClF2N2.C6H5ClN2O.C4H2Cl2N2.C4H7O.3C4H9.Sn/c1-6(8,9)4-2-10-3-5(7)11-4;1-4(10)5-2-8-3-6(7)9-5;5-3-1-7-2-4(6)8-3;1-3-5-4-2;3*1-3-4-2;/h2-3H,1H3;2-3H,1H3;1-2H;1,4H2,2H3;3*1,3-4H2,2H3;. The summed E-state index contributed by atoms with van der Waals surface area (Å²) in [5, 5.41) is 0.853. The molecule has 0 aliphatic heterocycles. The van der Waals surface area contributed by atoms with Crippen LogP contribution in [0.1, 0.15) is 96.2 Å². The number of ether oxygens (including phenoxy) is 1. The van der Waals surface area contributed by atoms with Crippen molar-refractivity contribution in [2.75, 3.05) is 6.61 Å². The van der Waals surface area contributed by atoms with Gasteiger partial charge in [0.15, 0.2) is 5.78 Å². The number of unbranched alkanes of at least 4 members (excludes halogenated alkanes) is 3. The normalized spacial score (nSPS) is 10.7. The SMILES string of the molecule is C=[C](OCC)[Sn]([CH2]CCC)([CH2]CCC)[CH2]CCC.CC(=O)c1cncc(Cl)n1.CC(F)(F)c1cncc(Cl)n1.Clc1cncc(Cl)n1. The molecule has 3 heterocycles. The van der Waals surface area contributed by atoms with Gasteiger partial charge in [0.25, 0.3) is 5.92 Å². The molecule has 0 fully saturated rings. The van der Waals surface area contributed by atoms with Crippen LogP contribution in [0, 0.1) is 0 Å². The molecule has 3 aromatic heterocycles. The smallest absolute Gasteiger partial charge is 0.288 e. The van der Waals surface area contributed by atoms with Gasteiger partial charge in [-0.15, -0.1) is 0 Å². The van der Waals surface area contributed by atoms with Crippen molar-refractivity contribution in [3.05, 3.63) is 79.5 Å². The average molecular weight is 845 g/mol. The Kier molecular flexibility index (Phi) is 24.3. The van der Waals surface area contributed by atoms with E-state index in [-0.39, 0.29) is 16.1 Å². The molecule has 0 saturated heterocycles. The minimum Gasteiger partial charge on any atom is -0.293 e. The molecule has 3 aromatic rings. The van der Waals surface area contributed by atoms with Crippen LogP contribution < -0.4 is 0 Å². The topological polar surface area (TPSA) is 104 Å². The van der Waals surface area contributed by atoms with Gasteiger partial charge in [-0.25, -0.2) is 15.0 Å². The van der Waals surface area contributed by atoms with Gasteiger partial charge >= 0.3 is 120 Å². The van der Waals surface area contributed by atoms with Crippen molar-refractivity contribution >= 4 is 70.6 Å². The van der Waals surface area contributed by atoms with Gasteiger partial charge in [0.05, 0.1) is 37.2 Å². The third-order valence-corrected chi connectivity index (χ3v) is 22.3. The summed E-state index contributed by atoms with van der Waals surface area (Å²) >= 11 is 19.3. The molecule has 15 heteroatoms. The summed E-state index contributed by atoms with van der Waals surface area (Å²) in [6, 6.07) is 0. The number of alkyl halides is 2. The van der Waals surface area contributed by atoms with Crippen LogP contribution in [0.2, 0.25) is 33.9 Å². The molecule has 262 valence electrons. The van der Waals surface area contributed by atoms with Crippen molar-refractivity contribution in [3.63, 3.8) is 0 Å². The molecular formula is C32H46Cl4F2N6O2Sn. The van der Waals surface area contributed by atoms with E-state index in [0.717, 1.165) is 19.7 Å². The first kappa shape index (κ1) is 45.3. The number of hydrogen-bond acceptors (Lipinski definition) is 8. The minimum atomic E-state index is -2.97. The monoisotopic (exact) mass is 844 g/mol. The Morgan fingerprint density at radius 1 is 0.745 bits per heavy atom. The van der Waals surface area contributed by atoms with E-state index in [0.29, 0.717) is 16.0 Å². The molecule has 0 atom stereocenters. The molecule has 0 spiro atoms. The maximum Gasteiger partial charge on any atom is 0.288 e. The molecule has 47 heavy (non-hydrogen) atoms. The van der Waals surface area contributed by atoms with Gasteiger partial charge in [-0.1, -0.05) is 46.4 Å². The molecule has 0 radical (unpaired) electrons. The molecule has 0 aliphatic rings. The van der Waals surface area contributed by atoms with Crippen molar-refractivity contribution in [2.45, 2.75) is 99.3 Å². The second kappa shape index (κ2) is 25.3. The van der Waals surface area contributed by atoms with E-state index in [4.69, 9.17) is 51.1 Å². The fraction of sp³-hybridized carbons (Fsp3) is 0.531. The maximum atomic E-state index is 12.5. The maximum absolute atomic E-state index is 12.5. The first-order chi connectivity index (χ1) is 22.1. The largest absolute Gasteiger partial charge is 0.293 e. The zero-order valence-electron chi connectivity index (χ0n) is 28.0. The Bertz CT molecular complexity index is 1300. The van der Waals surface area contributed by atoms with E-state index < -0.39 is 30.0 Å². The van der Waals surface area contributed by atoms with Gasteiger partial charge in [0.2, 0.25) is 0 Å². The number of Topliss-reactive ketones (excluding diaryl/α,β-unsaturated/α-hetero) is 1. The molecule has 0 aliphatic carbocycles. The molecule has 0 amide bonds. The Hall–Kier alpha value is -1.73. The zero-order chi connectivity index (χ0) is 35.9. The average Bonchev–Trinajstić information content (AvgIpc) is 3.01. The van der Waals surface area contributed by atoms with Crippen LogP contribution in [0.4, 0.5) is 8.78 Å². The quantitative estimate of drug-likeness (QED) is 0.0898. The zero-order valence-corrected chi connectivity index (χ0v) is 33.9. The molecule has 3 rings (SSSR count). The Balaban J connectivity index is 0.000000629. The van der Waals surface area contributed by atoms with Gasteiger partial charge in [-0.2, -0.15) is 8.78 Å². The number of rotatable bonds is 14. The summed E-state index contributed by atoms with van der Waals surface area (Å²) in [5.41, 5.74) is -0.113. The third kappa shape index (κ3) is 20.4. The number of carbonyl (C=O) groups is 1. The number of ketones is 1. The Morgan fingerprint density at radius 3 is 1.43 bits per heavy atom. The van der Waals surface area contributed by atoms with Crippen molar-refractivity contribution in [3.8, 4) is 0 Å². The molecule has 0 N–H and O–H groups in total. The Labute approximate surface area is 302 Å². The molecule has 0 saturated carbocycles. The molecule has 0 aromatic carbocycles. The number of halogens is 6. The third-order valence-electron chi connectivity index (χ3n) is 6.53. The first-order valence-electron chi connectivity index (χ1n) is 15.4. The summed E-state index contributed by atoms with van der Waals surface area (Å²) in [4.78, 5) is 32.2. The number of nitrogens with zero attached hydrogens (tertiary/aromatic N) is 6. The summed E-state index contributed by atoms with van der Waals surface area (Å²) < 4.78 is 36.5. The van der Waals surface area contributed by atoms with Gasteiger partial charge in [-0.3, -0.25) is 19.7 Å². The number of carbonyl (C=O) groups excluding carboxylic acids is 1. The summed E-state index contributed by atoms with van der Waals surface area (Å²) in [7, 11) is 0.